The van der Waals surface area contributed by atoms with Crippen LogP contribution in [0, 0.1) is 0 Å². The van der Waals surface area contributed by atoms with Crippen LogP contribution in [0.15, 0.2) is 42.9 Å². The van der Waals surface area contributed by atoms with E-state index in [9.17, 15) is 9.59 Å². The first-order valence-corrected chi connectivity index (χ1v) is 8.18. The number of pyridine rings is 2. The van der Waals surface area contributed by atoms with E-state index in [-0.39, 0.29) is 17.9 Å². The number of rotatable bonds is 4. The highest BCUT2D eigenvalue weighted by Crippen LogP contribution is 2.17. The van der Waals surface area contributed by atoms with E-state index in [4.69, 9.17) is 4.74 Å². The molecule has 0 bridgehead atoms. The maximum Gasteiger partial charge on any atom is 0.256 e. The second kappa shape index (κ2) is 7.74. The van der Waals surface area contributed by atoms with Gasteiger partial charge in [0.2, 0.25) is 5.88 Å². The Bertz CT molecular complexity index is 743. The van der Waals surface area contributed by atoms with E-state index < -0.39 is 0 Å². The normalized spacial score (nSPS) is 14.8. The van der Waals surface area contributed by atoms with Crippen LogP contribution in [-0.4, -0.2) is 52.9 Å². The van der Waals surface area contributed by atoms with Crippen LogP contribution in [0.1, 0.15) is 33.6 Å². The summed E-state index contributed by atoms with van der Waals surface area (Å²) in [6, 6.07) is 6.84. The molecule has 130 valence electrons. The van der Waals surface area contributed by atoms with E-state index in [2.05, 4.69) is 15.3 Å². The van der Waals surface area contributed by atoms with Gasteiger partial charge in [0.25, 0.3) is 11.8 Å². The summed E-state index contributed by atoms with van der Waals surface area (Å²) in [5.41, 5.74) is 1.05. The number of ether oxygens (including phenoxy) is 1. The molecule has 7 heteroatoms. The van der Waals surface area contributed by atoms with Crippen LogP contribution >= 0.6 is 0 Å². The van der Waals surface area contributed by atoms with Crippen molar-refractivity contribution in [3.05, 3.63) is 54.0 Å². The number of aromatic nitrogens is 2. The summed E-state index contributed by atoms with van der Waals surface area (Å²) in [6.07, 6.45) is 6.23. The van der Waals surface area contributed by atoms with Crippen molar-refractivity contribution in [1.29, 1.82) is 0 Å². The first kappa shape index (κ1) is 16.9. The molecule has 0 aliphatic carbocycles. The molecule has 1 aliphatic rings. The van der Waals surface area contributed by atoms with Crippen molar-refractivity contribution in [2.45, 2.75) is 18.9 Å². The number of nitrogens with zero attached hydrogens (tertiary/aromatic N) is 3. The van der Waals surface area contributed by atoms with Crippen molar-refractivity contribution in [1.82, 2.24) is 20.2 Å². The molecule has 7 nitrogen and oxygen atoms in total. The lowest BCUT2D eigenvalue weighted by Crippen LogP contribution is -2.46. The quantitative estimate of drug-likeness (QED) is 0.912. The van der Waals surface area contributed by atoms with Crippen LogP contribution in [-0.2, 0) is 0 Å². The molecule has 0 unspecified atom stereocenters. The standard InChI is InChI=1S/C18H20N4O3/c1-25-17-15(3-2-8-20-17)16(23)21-14-6-11-22(12-7-14)18(24)13-4-9-19-10-5-13/h2-5,8-10,14H,6-7,11-12H2,1H3,(H,21,23). The Morgan fingerprint density at radius 2 is 1.88 bits per heavy atom. The summed E-state index contributed by atoms with van der Waals surface area (Å²) in [6.45, 7) is 1.21. The Hall–Kier alpha value is -2.96. The van der Waals surface area contributed by atoms with Gasteiger partial charge in [0, 0.05) is 43.3 Å². The van der Waals surface area contributed by atoms with Crippen molar-refractivity contribution in [3.8, 4) is 5.88 Å². The number of amides is 2. The fraction of sp³-hybridized carbons (Fsp3) is 0.333. The fourth-order valence-corrected chi connectivity index (χ4v) is 2.89. The van der Waals surface area contributed by atoms with Gasteiger partial charge in [0.1, 0.15) is 5.56 Å². The first-order chi connectivity index (χ1) is 12.2. The molecule has 0 aromatic carbocycles. The summed E-state index contributed by atoms with van der Waals surface area (Å²) in [5, 5.41) is 3.00. The Labute approximate surface area is 146 Å². The number of carbonyl (C=O) groups excluding carboxylic acids is 2. The number of hydrogen-bond donors (Lipinski definition) is 1. The number of likely N-dealkylation sites (tertiary alicyclic amines) is 1. The monoisotopic (exact) mass is 340 g/mol. The molecule has 0 spiro atoms. The summed E-state index contributed by atoms with van der Waals surface area (Å²) in [7, 11) is 1.49. The maximum absolute atomic E-state index is 12.4. The maximum atomic E-state index is 12.4. The lowest BCUT2D eigenvalue weighted by atomic mass is 10.0. The molecule has 3 heterocycles. The third-order valence-electron chi connectivity index (χ3n) is 4.25. The fourth-order valence-electron chi connectivity index (χ4n) is 2.89. The highest BCUT2D eigenvalue weighted by Gasteiger charge is 2.25. The molecule has 3 rings (SSSR count). The van der Waals surface area contributed by atoms with Gasteiger partial charge in [0.05, 0.1) is 7.11 Å². The zero-order valence-electron chi connectivity index (χ0n) is 14.0. The van der Waals surface area contributed by atoms with Gasteiger partial charge in [-0.3, -0.25) is 14.6 Å². The van der Waals surface area contributed by atoms with Crippen molar-refractivity contribution in [3.63, 3.8) is 0 Å². The summed E-state index contributed by atoms with van der Waals surface area (Å²) in [5.74, 6) is 0.107. The van der Waals surface area contributed by atoms with Crippen LogP contribution in [0.5, 0.6) is 5.88 Å². The zero-order chi connectivity index (χ0) is 17.6. The average Bonchev–Trinajstić information content (AvgIpc) is 2.68. The molecule has 25 heavy (non-hydrogen) atoms. The minimum absolute atomic E-state index is 0.00102. The molecule has 0 radical (unpaired) electrons. The summed E-state index contributed by atoms with van der Waals surface area (Å²) < 4.78 is 5.12. The Morgan fingerprint density at radius 1 is 1.16 bits per heavy atom. The van der Waals surface area contributed by atoms with Gasteiger partial charge >= 0.3 is 0 Å². The molecular formula is C18H20N4O3. The molecule has 0 saturated carbocycles. The molecule has 2 aromatic heterocycles. The second-order valence-corrected chi connectivity index (χ2v) is 5.84. The van der Waals surface area contributed by atoms with Gasteiger partial charge in [-0.25, -0.2) is 4.98 Å². The largest absolute Gasteiger partial charge is 0.480 e. The molecule has 1 saturated heterocycles. The molecule has 0 atom stereocenters. The lowest BCUT2D eigenvalue weighted by Gasteiger charge is -2.32. The number of nitrogens with one attached hydrogen (secondary N) is 1. The van der Waals surface area contributed by atoms with Gasteiger partial charge in [-0.2, -0.15) is 0 Å². The van der Waals surface area contributed by atoms with Crippen LogP contribution < -0.4 is 10.1 Å². The van der Waals surface area contributed by atoms with Crippen LogP contribution in [0.25, 0.3) is 0 Å². The van der Waals surface area contributed by atoms with Crippen LogP contribution in [0.3, 0.4) is 0 Å². The van der Waals surface area contributed by atoms with Crippen molar-refractivity contribution in [2.24, 2.45) is 0 Å². The van der Waals surface area contributed by atoms with E-state index in [0.717, 1.165) is 0 Å². The van der Waals surface area contributed by atoms with Crippen LogP contribution in [0.2, 0.25) is 0 Å². The van der Waals surface area contributed by atoms with E-state index in [1.807, 2.05) is 4.90 Å². The number of piperidine rings is 1. The van der Waals surface area contributed by atoms with Gasteiger partial charge in [-0.05, 0) is 37.1 Å². The number of hydrogen-bond acceptors (Lipinski definition) is 5. The number of carbonyl (C=O) groups is 2. The molecular weight excluding hydrogens is 320 g/mol. The minimum Gasteiger partial charge on any atom is -0.480 e. The van der Waals surface area contributed by atoms with E-state index in [0.29, 0.717) is 42.9 Å². The second-order valence-electron chi connectivity index (χ2n) is 5.84. The predicted octanol–water partition coefficient (Wildman–Crippen LogP) is 1.52. The summed E-state index contributed by atoms with van der Waals surface area (Å²) >= 11 is 0. The highest BCUT2D eigenvalue weighted by atomic mass is 16.5. The lowest BCUT2D eigenvalue weighted by molar-refractivity contribution is 0.0698. The smallest absolute Gasteiger partial charge is 0.256 e. The predicted molar refractivity (Wildman–Crippen MR) is 91.4 cm³/mol. The zero-order valence-corrected chi connectivity index (χ0v) is 14.0. The van der Waals surface area contributed by atoms with Crippen molar-refractivity contribution >= 4 is 11.8 Å². The minimum atomic E-state index is -0.205. The Balaban J connectivity index is 1.56. The first-order valence-electron chi connectivity index (χ1n) is 8.18. The molecule has 1 aliphatic heterocycles. The third-order valence-corrected chi connectivity index (χ3v) is 4.25. The highest BCUT2D eigenvalue weighted by molar-refractivity contribution is 5.96. The Kier molecular flexibility index (Phi) is 5.23. The van der Waals surface area contributed by atoms with Crippen molar-refractivity contribution < 1.29 is 14.3 Å². The van der Waals surface area contributed by atoms with Gasteiger partial charge < -0.3 is 15.0 Å². The van der Waals surface area contributed by atoms with Crippen LogP contribution in [0.4, 0.5) is 0 Å². The number of methoxy groups -OCH3 is 1. The topological polar surface area (TPSA) is 84.4 Å². The molecule has 1 fully saturated rings. The van der Waals surface area contributed by atoms with E-state index in [1.165, 1.54) is 7.11 Å². The summed E-state index contributed by atoms with van der Waals surface area (Å²) in [4.78, 5) is 34.6. The molecule has 2 amide bonds. The molecule has 2 aromatic rings. The SMILES string of the molecule is COc1ncccc1C(=O)NC1CCN(C(=O)c2ccncc2)CC1. The van der Waals surface area contributed by atoms with E-state index in [1.54, 1.807) is 42.9 Å². The third kappa shape index (κ3) is 3.93. The van der Waals surface area contributed by atoms with Gasteiger partial charge in [-0.1, -0.05) is 0 Å². The van der Waals surface area contributed by atoms with Gasteiger partial charge in [0.15, 0.2) is 0 Å². The Morgan fingerprint density at radius 3 is 2.56 bits per heavy atom. The average molecular weight is 340 g/mol. The van der Waals surface area contributed by atoms with Gasteiger partial charge in [-0.15, -0.1) is 0 Å². The van der Waals surface area contributed by atoms with Crippen molar-refractivity contribution in [2.75, 3.05) is 20.2 Å². The molecule has 1 N–H and O–H groups in total. The van der Waals surface area contributed by atoms with E-state index >= 15 is 0 Å².